The average Bonchev–Trinajstić information content (AvgIpc) is 3.23. The number of hydrogen-bond acceptors (Lipinski definition) is 6. The summed E-state index contributed by atoms with van der Waals surface area (Å²) in [4.78, 5) is 16.5. The summed E-state index contributed by atoms with van der Waals surface area (Å²) in [5.74, 6) is -0.00108. The molecule has 8 nitrogen and oxygen atoms in total. The summed E-state index contributed by atoms with van der Waals surface area (Å²) in [6.45, 7) is 2.47. The van der Waals surface area contributed by atoms with Crippen molar-refractivity contribution in [2.75, 3.05) is 18.9 Å². The first-order valence-corrected chi connectivity index (χ1v) is 10.6. The van der Waals surface area contributed by atoms with Crippen molar-refractivity contribution >= 4 is 21.6 Å². The van der Waals surface area contributed by atoms with Crippen LogP contribution in [0.5, 0.6) is 0 Å². The maximum atomic E-state index is 12.5. The summed E-state index contributed by atoms with van der Waals surface area (Å²) in [7, 11) is -1.99. The van der Waals surface area contributed by atoms with Crippen molar-refractivity contribution in [1.29, 1.82) is 0 Å². The van der Waals surface area contributed by atoms with Gasteiger partial charge in [0, 0.05) is 43.3 Å². The minimum absolute atomic E-state index is 0.118. The highest BCUT2D eigenvalue weighted by atomic mass is 32.2. The van der Waals surface area contributed by atoms with Crippen LogP contribution in [0.25, 0.3) is 11.3 Å². The van der Waals surface area contributed by atoms with E-state index in [9.17, 15) is 13.2 Å². The van der Waals surface area contributed by atoms with Crippen LogP contribution in [0.4, 0.5) is 5.69 Å². The topological polar surface area (TPSA) is 105 Å². The number of carbonyl (C=O) groups is 1. The van der Waals surface area contributed by atoms with Gasteiger partial charge in [0.2, 0.25) is 10.0 Å². The molecular formula is C20H22N4O4S. The molecule has 9 heteroatoms. The van der Waals surface area contributed by atoms with Gasteiger partial charge in [0.1, 0.15) is 0 Å². The van der Waals surface area contributed by atoms with Gasteiger partial charge in [-0.1, -0.05) is 18.5 Å². The Hall–Kier alpha value is -3.04. The van der Waals surface area contributed by atoms with Gasteiger partial charge >= 0.3 is 0 Å². The second-order valence-corrected chi connectivity index (χ2v) is 8.52. The van der Waals surface area contributed by atoms with E-state index in [2.05, 4.69) is 15.5 Å². The lowest BCUT2D eigenvalue weighted by atomic mass is 10.2. The van der Waals surface area contributed by atoms with Gasteiger partial charge in [-0.25, -0.2) is 12.7 Å². The van der Waals surface area contributed by atoms with Gasteiger partial charge in [0.15, 0.2) is 11.5 Å². The highest BCUT2D eigenvalue weighted by Crippen LogP contribution is 2.21. The number of amides is 1. The molecular weight excluding hydrogens is 392 g/mol. The number of nitrogens with one attached hydrogen (secondary N) is 1. The second kappa shape index (κ2) is 8.97. The molecule has 152 valence electrons. The molecule has 1 amide bonds. The Bertz CT molecular complexity index is 1060. The first kappa shape index (κ1) is 20.7. The van der Waals surface area contributed by atoms with Crippen LogP contribution in [-0.4, -0.2) is 42.4 Å². The Morgan fingerprint density at radius 3 is 2.48 bits per heavy atom. The quantitative estimate of drug-likeness (QED) is 0.605. The molecule has 1 N–H and O–H groups in total. The summed E-state index contributed by atoms with van der Waals surface area (Å²) in [6.07, 6.45) is 4.94. The summed E-state index contributed by atoms with van der Waals surface area (Å²) < 4.78 is 31.6. The molecule has 0 saturated carbocycles. The van der Waals surface area contributed by atoms with E-state index < -0.39 is 15.9 Å². The molecule has 0 unspecified atom stereocenters. The molecule has 0 aliphatic carbocycles. The number of carbonyl (C=O) groups excluding carboxylic acids is 1. The zero-order valence-electron chi connectivity index (χ0n) is 16.2. The minimum Gasteiger partial charge on any atom is -0.355 e. The fourth-order valence-electron chi connectivity index (χ4n) is 2.62. The van der Waals surface area contributed by atoms with Crippen molar-refractivity contribution in [2.24, 2.45) is 0 Å². The largest absolute Gasteiger partial charge is 0.355 e. The van der Waals surface area contributed by atoms with E-state index in [1.807, 2.05) is 6.92 Å². The number of nitrogens with zero attached hydrogens (tertiary/aromatic N) is 3. The predicted octanol–water partition coefficient (Wildman–Crippen LogP) is 3.41. The van der Waals surface area contributed by atoms with Crippen molar-refractivity contribution in [3.63, 3.8) is 0 Å². The van der Waals surface area contributed by atoms with Gasteiger partial charge in [0.25, 0.3) is 5.91 Å². The standard InChI is InChI=1S/C20H22N4O4S/c1-3-4-13-24(2)29(26,27)17-7-5-16(6-8-17)22-20(25)18-14-19(28-23-18)15-9-11-21-12-10-15/h5-12,14H,3-4,13H2,1-2H3,(H,22,25). The SMILES string of the molecule is CCCCN(C)S(=O)(=O)c1ccc(NC(=O)c2cc(-c3ccncc3)on2)cc1. The number of sulfonamides is 1. The maximum absolute atomic E-state index is 12.5. The smallest absolute Gasteiger partial charge is 0.277 e. The highest BCUT2D eigenvalue weighted by Gasteiger charge is 2.20. The molecule has 2 aromatic heterocycles. The first-order chi connectivity index (χ1) is 13.9. The Balaban J connectivity index is 1.68. The number of anilines is 1. The number of aromatic nitrogens is 2. The van der Waals surface area contributed by atoms with Crippen LogP contribution in [0, 0.1) is 0 Å². The van der Waals surface area contributed by atoms with E-state index in [1.54, 1.807) is 43.7 Å². The predicted molar refractivity (Wildman–Crippen MR) is 109 cm³/mol. The van der Waals surface area contributed by atoms with Crippen LogP contribution in [0.15, 0.2) is 64.3 Å². The molecule has 0 radical (unpaired) electrons. The Kier molecular flexibility index (Phi) is 6.40. The Labute approximate surface area is 169 Å². The number of hydrogen-bond donors (Lipinski definition) is 1. The minimum atomic E-state index is -3.55. The second-order valence-electron chi connectivity index (χ2n) is 6.47. The zero-order valence-corrected chi connectivity index (χ0v) is 17.0. The third kappa shape index (κ3) is 4.87. The lowest BCUT2D eigenvalue weighted by Gasteiger charge is -2.17. The van der Waals surface area contributed by atoms with Crippen LogP contribution in [0.2, 0.25) is 0 Å². The third-order valence-corrected chi connectivity index (χ3v) is 6.23. The van der Waals surface area contributed by atoms with Gasteiger partial charge in [-0.15, -0.1) is 0 Å². The van der Waals surface area contributed by atoms with Gasteiger partial charge in [0.05, 0.1) is 4.90 Å². The Morgan fingerprint density at radius 2 is 1.83 bits per heavy atom. The fourth-order valence-corrected chi connectivity index (χ4v) is 3.83. The Morgan fingerprint density at radius 1 is 1.14 bits per heavy atom. The van der Waals surface area contributed by atoms with Gasteiger partial charge in [-0.05, 0) is 42.8 Å². The zero-order chi connectivity index (χ0) is 20.9. The van der Waals surface area contributed by atoms with Crippen LogP contribution in [0.3, 0.4) is 0 Å². The van der Waals surface area contributed by atoms with Crippen molar-refractivity contribution < 1.29 is 17.7 Å². The van der Waals surface area contributed by atoms with E-state index in [0.29, 0.717) is 18.0 Å². The molecule has 3 aromatic rings. The lowest BCUT2D eigenvalue weighted by molar-refractivity contribution is 0.101. The molecule has 0 atom stereocenters. The molecule has 0 fully saturated rings. The summed E-state index contributed by atoms with van der Waals surface area (Å²) in [5, 5.41) is 6.47. The highest BCUT2D eigenvalue weighted by molar-refractivity contribution is 7.89. The molecule has 0 aliphatic heterocycles. The number of rotatable bonds is 8. The van der Waals surface area contributed by atoms with Gasteiger partial charge < -0.3 is 9.84 Å². The number of pyridine rings is 1. The van der Waals surface area contributed by atoms with Crippen LogP contribution >= 0.6 is 0 Å². The number of benzene rings is 1. The van der Waals surface area contributed by atoms with Crippen molar-refractivity contribution in [3.05, 3.63) is 60.6 Å². The lowest BCUT2D eigenvalue weighted by Crippen LogP contribution is -2.27. The summed E-state index contributed by atoms with van der Waals surface area (Å²) in [5.41, 5.74) is 1.33. The maximum Gasteiger partial charge on any atom is 0.277 e. The van der Waals surface area contributed by atoms with Crippen LogP contribution in [0.1, 0.15) is 30.3 Å². The van der Waals surface area contributed by atoms with E-state index >= 15 is 0 Å². The summed E-state index contributed by atoms with van der Waals surface area (Å²) >= 11 is 0. The fraction of sp³-hybridized carbons (Fsp3) is 0.250. The van der Waals surface area contributed by atoms with E-state index in [1.165, 1.54) is 22.5 Å². The van der Waals surface area contributed by atoms with Gasteiger partial charge in [-0.2, -0.15) is 0 Å². The molecule has 0 bridgehead atoms. The summed E-state index contributed by atoms with van der Waals surface area (Å²) in [6, 6.07) is 11.1. The third-order valence-electron chi connectivity index (χ3n) is 4.35. The first-order valence-electron chi connectivity index (χ1n) is 9.16. The van der Waals surface area contributed by atoms with Crippen LogP contribution in [-0.2, 0) is 10.0 Å². The molecule has 29 heavy (non-hydrogen) atoms. The molecule has 3 rings (SSSR count). The van der Waals surface area contributed by atoms with Crippen LogP contribution < -0.4 is 5.32 Å². The van der Waals surface area contributed by atoms with Gasteiger partial charge in [-0.3, -0.25) is 9.78 Å². The average molecular weight is 414 g/mol. The van der Waals surface area contributed by atoms with E-state index in [4.69, 9.17) is 4.52 Å². The normalized spacial score (nSPS) is 11.6. The monoisotopic (exact) mass is 414 g/mol. The molecule has 1 aromatic carbocycles. The van der Waals surface area contributed by atoms with Crippen molar-refractivity contribution in [2.45, 2.75) is 24.7 Å². The molecule has 0 spiro atoms. The van der Waals surface area contributed by atoms with Crippen molar-refractivity contribution in [1.82, 2.24) is 14.4 Å². The van der Waals surface area contributed by atoms with E-state index in [-0.39, 0.29) is 10.6 Å². The molecule has 0 aliphatic rings. The number of unbranched alkanes of at least 4 members (excludes halogenated alkanes) is 1. The molecule has 2 heterocycles. The molecule has 0 saturated heterocycles. The van der Waals surface area contributed by atoms with E-state index in [0.717, 1.165) is 18.4 Å². The van der Waals surface area contributed by atoms with Crippen molar-refractivity contribution in [3.8, 4) is 11.3 Å².